The molecule has 100 valence electrons. The molecule has 0 atom stereocenters. The number of hydrogen-bond donors (Lipinski definition) is 2. The summed E-state index contributed by atoms with van der Waals surface area (Å²) in [6, 6.07) is 11.8. The van der Waals surface area contributed by atoms with E-state index in [1.165, 1.54) is 6.07 Å². The lowest BCUT2D eigenvalue weighted by molar-refractivity contribution is 0.0690. The molecule has 0 aliphatic carbocycles. The summed E-state index contributed by atoms with van der Waals surface area (Å²) < 4.78 is 0. The number of carbonyl (C=O) groups is 1. The normalized spacial score (nSPS) is 9.80. The highest BCUT2D eigenvalue weighted by Gasteiger charge is 2.05. The van der Waals surface area contributed by atoms with Crippen molar-refractivity contribution in [2.45, 2.75) is 6.54 Å². The molecular weight excluding hydrogens is 278 g/mol. The quantitative estimate of drug-likeness (QED) is 0.903. The van der Waals surface area contributed by atoms with Gasteiger partial charge in [0.1, 0.15) is 11.8 Å². The third-order valence-electron chi connectivity index (χ3n) is 2.59. The van der Waals surface area contributed by atoms with Gasteiger partial charge in [0.15, 0.2) is 0 Å². The van der Waals surface area contributed by atoms with Crippen molar-refractivity contribution >= 4 is 23.3 Å². The number of nitriles is 1. The maximum absolute atomic E-state index is 10.8. The van der Waals surface area contributed by atoms with E-state index in [-0.39, 0.29) is 5.69 Å². The Kier molecular flexibility index (Phi) is 4.18. The lowest BCUT2D eigenvalue weighted by Gasteiger charge is -2.07. The molecule has 0 radical (unpaired) electrons. The van der Waals surface area contributed by atoms with Crippen LogP contribution < -0.4 is 5.32 Å². The molecule has 1 aromatic heterocycles. The number of aromatic carboxylic acids is 1. The van der Waals surface area contributed by atoms with E-state index in [1.54, 1.807) is 30.3 Å². The molecule has 6 heteroatoms. The number of pyridine rings is 1. The number of halogens is 1. The maximum atomic E-state index is 10.8. The van der Waals surface area contributed by atoms with Gasteiger partial charge >= 0.3 is 5.97 Å². The van der Waals surface area contributed by atoms with E-state index in [1.807, 2.05) is 6.07 Å². The molecule has 2 rings (SSSR count). The van der Waals surface area contributed by atoms with Crippen LogP contribution in [0.3, 0.4) is 0 Å². The van der Waals surface area contributed by atoms with Gasteiger partial charge in [-0.15, -0.1) is 0 Å². The van der Waals surface area contributed by atoms with E-state index in [4.69, 9.17) is 22.0 Å². The van der Waals surface area contributed by atoms with E-state index in [0.717, 1.165) is 5.69 Å². The van der Waals surface area contributed by atoms with Crippen molar-refractivity contribution in [3.63, 3.8) is 0 Å². The van der Waals surface area contributed by atoms with Crippen molar-refractivity contribution in [2.24, 2.45) is 0 Å². The zero-order valence-electron chi connectivity index (χ0n) is 10.3. The van der Waals surface area contributed by atoms with Crippen LogP contribution in [0, 0.1) is 11.3 Å². The molecule has 1 heterocycles. The van der Waals surface area contributed by atoms with Crippen molar-refractivity contribution < 1.29 is 9.90 Å². The van der Waals surface area contributed by atoms with Crippen molar-refractivity contribution in [1.82, 2.24) is 4.98 Å². The van der Waals surface area contributed by atoms with Crippen LogP contribution >= 0.6 is 11.6 Å². The first-order chi connectivity index (χ1) is 9.60. The third-order valence-corrected chi connectivity index (χ3v) is 2.90. The number of hydrogen-bond acceptors (Lipinski definition) is 4. The summed E-state index contributed by atoms with van der Waals surface area (Å²) in [6.07, 6.45) is 0. The molecule has 0 saturated heterocycles. The fraction of sp³-hybridized carbons (Fsp3) is 0.0714. The highest BCUT2D eigenvalue weighted by molar-refractivity contribution is 6.32. The maximum Gasteiger partial charge on any atom is 0.354 e. The summed E-state index contributed by atoms with van der Waals surface area (Å²) >= 11 is 5.92. The van der Waals surface area contributed by atoms with Gasteiger partial charge in [-0.05, 0) is 30.3 Å². The topological polar surface area (TPSA) is 86.0 Å². The van der Waals surface area contributed by atoms with Crippen molar-refractivity contribution in [2.75, 3.05) is 5.32 Å². The zero-order valence-corrected chi connectivity index (χ0v) is 11.1. The van der Waals surface area contributed by atoms with E-state index in [9.17, 15) is 4.79 Å². The average Bonchev–Trinajstić information content (AvgIpc) is 2.45. The molecule has 0 bridgehead atoms. The van der Waals surface area contributed by atoms with Gasteiger partial charge in [-0.2, -0.15) is 5.26 Å². The van der Waals surface area contributed by atoms with Gasteiger partial charge in [-0.3, -0.25) is 0 Å². The molecule has 0 fully saturated rings. The van der Waals surface area contributed by atoms with Crippen molar-refractivity contribution in [1.29, 1.82) is 5.26 Å². The standard InChI is InChI=1S/C14H10ClN3O2/c15-12-6-10(5-4-9(12)7-16)17-8-11-2-1-3-13(18-11)14(19)20/h1-6,17H,8H2,(H,19,20). The average molecular weight is 288 g/mol. The van der Waals surface area contributed by atoms with E-state index in [2.05, 4.69) is 10.3 Å². The number of rotatable bonds is 4. The first-order valence-electron chi connectivity index (χ1n) is 5.73. The number of nitrogens with one attached hydrogen (secondary N) is 1. The number of benzene rings is 1. The van der Waals surface area contributed by atoms with Gasteiger partial charge in [-0.1, -0.05) is 17.7 Å². The second kappa shape index (κ2) is 6.04. The summed E-state index contributed by atoms with van der Waals surface area (Å²) in [5, 5.41) is 21.1. The molecule has 5 nitrogen and oxygen atoms in total. The predicted octanol–water partition coefficient (Wildman–Crippen LogP) is 2.92. The largest absolute Gasteiger partial charge is 0.477 e. The Bertz CT molecular complexity index is 695. The summed E-state index contributed by atoms with van der Waals surface area (Å²) in [7, 11) is 0. The minimum Gasteiger partial charge on any atom is -0.477 e. The van der Waals surface area contributed by atoms with Crippen LogP contribution in [0.25, 0.3) is 0 Å². The van der Waals surface area contributed by atoms with Gasteiger partial charge in [0.25, 0.3) is 0 Å². The Morgan fingerprint density at radius 3 is 2.85 bits per heavy atom. The van der Waals surface area contributed by atoms with E-state index < -0.39 is 5.97 Å². The number of aromatic nitrogens is 1. The first kappa shape index (κ1) is 13.8. The van der Waals surface area contributed by atoms with Crippen LogP contribution in [0.15, 0.2) is 36.4 Å². The monoisotopic (exact) mass is 287 g/mol. The van der Waals surface area contributed by atoms with Crippen LogP contribution in [0.4, 0.5) is 5.69 Å². The molecule has 2 aromatic rings. The van der Waals surface area contributed by atoms with Crippen LogP contribution in [0.5, 0.6) is 0 Å². The van der Waals surface area contributed by atoms with Crippen LogP contribution in [-0.2, 0) is 6.54 Å². The molecule has 0 saturated carbocycles. The molecule has 20 heavy (non-hydrogen) atoms. The molecule has 0 unspecified atom stereocenters. The van der Waals surface area contributed by atoms with E-state index in [0.29, 0.717) is 22.8 Å². The van der Waals surface area contributed by atoms with Crippen LogP contribution in [0.1, 0.15) is 21.7 Å². The summed E-state index contributed by atoms with van der Waals surface area (Å²) in [6.45, 7) is 0.364. The summed E-state index contributed by atoms with van der Waals surface area (Å²) in [4.78, 5) is 14.8. The lowest BCUT2D eigenvalue weighted by atomic mass is 10.2. The van der Waals surface area contributed by atoms with Crippen molar-refractivity contribution in [3.8, 4) is 6.07 Å². The summed E-state index contributed by atoms with van der Waals surface area (Å²) in [5.74, 6) is -1.06. The molecule has 0 spiro atoms. The second-order valence-electron chi connectivity index (χ2n) is 3.98. The number of carboxylic acids is 1. The minimum absolute atomic E-state index is 0.00200. The fourth-order valence-electron chi connectivity index (χ4n) is 1.61. The Morgan fingerprint density at radius 1 is 1.40 bits per heavy atom. The Labute approximate surface area is 120 Å². The zero-order chi connectivity index (χ0) is 14.5. The van der Waals surface area contributed by atoms with Crippen LogP contribution in [-0.4, -0.2) is 16.1 Å². The highest BCUT2D eigenvalue weighted by atomic mass is 35.5. The third kappa shape index (κ3) is 3.25. The number of anilines is 1. The highest BCUT2D eigenvalue weighted by Crippen LogP contribution is 2.20. The SMILES string of the molecule is N#Cc1ccc(NCc2cccc(C(=O)O)n2)cc1Cl. The van der Waals surface area contributed by atoms with Gasteiger partial charge in [0.05, 0.1) is 22.8 Å². The molecule has 0 aliphatic heterocycles. The van der Waals surface area contributed by atoms with Gasteiger partial charge in [0, 0.05) is 5.69 Å². The Hall–Kier alpha value is -2.58. The first-order valence-corrected chi connectivity index (χ1v) is 6.10. The Morgan fingerprint density at radius 2 is 2.20 bits per heavy atom. The predicted molar refractivity (Wildman–Crippen MR) is 74.7 cm³/mol. The lowest BCUT2D eigenvalue weighted by Crippen LogP contribution is -2.06. The van der Waals surface area contributed by atoms with Gasteiger partial charge in [-0.25, -0.2) is 9.78 Å². The number of nitrogens with zero attached hydrogens (tertiary/aromatic N) is 2. The van der Waals surface area contributed by atoms with Gasteiger partial charge < -0.3 is 10.4 Å². The molecular formula is C14H10ClN3O2. The fourth-order valence-corrected chi connectivity index (χ4v) is 1.83. The number of carboxylic acid groups (broad SMARTS) is 1. The summed E-state index contributed by atoms with van der Waals surface area (Å²) in [5.41, 5.74) is 1.74. The molecule has 1 aromatic carbocycles. The minimum atomic E-state index is -1.06. The van der Waals surface area contributed by atoms with Crippen LogP contribution in [0.2, 0.25) is 5.02 Å². The van der Waals surface area contributed by atoms with E-state index >= 15 is 0 Å². The van der Waals surface area contributed by atoms with Gasteiger partial charge in [0.2, 0.25) is 0 Å². The molecule has 0 aliphatic rings. The Balaban J connectivity index is 2.09. The molecule has 0 amide bonds. The molecule has 2 N–H and O–H groups in total. The second-order valence-corrected chi connectivity index (χ2v) is 4.39. The van der Waals surface area contributed by atoms with Crippen molar-refractivity contribution in [3.05, 3.63) is 58.4 Å². The smallest absolute Gasteiger partial charge is 0.354 e.